The summed E-state index contributed by atoms with van der Waals surface area (Å²) in [6.07, 6.45) is 7.24. The van der Waals surface area contributed by atoms with E-state index < -0.39 is 0 Å². The standard InChI is InChI=1S/C31H42N6O2/c1-6-24-11-8-12-25(17-24)27-18-28(34-31(33-27)37-13-9-10-22(37)4)36-15-14-35(20-23(36)5)29-21(3)16-26(19-32-29)30(38)39-7-2/h8,11-12,16-19,22-23,31,33H,6-7,9-10,13-15,20H2,1-5H3/t22?,23-,31?/m1/s1. The molecule has 3 atom stereocenters. The van der Waals surface area contributed by atoms with Gasteiger partial charge >= 0.3 is 5.97 Å². The Bertz CT molecular complexity index is 1260. The van der Waals surface area contributed by atoms with E-state index in [9.17, 15) is 4.79 Å². The van der Waals surface area contributed by atoms with Gasteiger partial charge in [-0.3, -0.25) is 4.90 Å². The van der Waals surface area contributed by atoms with Crippen LogP contribution in [0.2, 0.25) is 0 Å². The fourth-order valence-electron chi connectivity index (χ4n) is 5.98. The van der Waals surface area contributed by atoms with Crippen LogP contribution in [-0.2, 0) is 11.2 Å². The lowest BCUT2D eigenvalue weighted by atomic mass is 10.0. The average Bonchev–Trinajstić information content (AvgIpc) is 3.38. The maximum absolute atomic E-state index is 12.2. The molecule has 5 rings (SSSR count). The second kappa shape index (κ2) is 11.8. The summed E-state index contributed by atoms with van der Waals surface area (Å²) in [4.78, 5) is 29.3. The molecule has 0 bridgehead atoms. The maximum Gasteiger partial charge on any atom is 0.339 e. The number of hydrogen-bond donors (Lipinski definition) is 1. The lowest BCUT2D eigenvalue weighted by molar-refractivity contribution is 0.0525. The molecule has 1 aromatic carbocycles. The van der Waals surface area contributed by atoms with Crippen molar-refractivity contribution >= 4 is 23.3 Å². The summed E-state index contributed by atoms with van der Waals surface area (Å²) in [5.74, 6) is 1.65. The van der Waals surface area contributed by atoms with Gasteiger partial charge in [-0.05, 0) is 75.8 Å². The van der Waals surface area contributed by atoms with Gasteiger partial charge in [-0.1, -0.05) is 25.1 Å². The number of ether oxygens (including phenoxy) is 1. The number of nitrogens with zero attached hydrogens (tertiary/aromatic N) is 5. The SMILES string of the molecule is CCOC(=O)c1cnc(N2CCN(C3=NC(N4CCCC4C)NC(c4cccc(CC)c4)=C3)[C@H](C)C2)c(C)c1. The van der Waals surface area contributed by atoms with Gasteiger partial charge in [0.15, 0.2) is 6.29 Å². The molecule has 0 spiro atoms. The number of nitrogens with one attached hydrogen (secondary N) is 1. The normalized spacial score (nSPS) is 23.8. The minimum absolute atomic E-state index is 0.0626. The largest absolute Gasteiger partial charge is 0.462 e. The smallest absolute Gasteiger partial charge is 0.339 e. The van der Waals surface area contributed by atoms with Crippen LogP contribution in [0, 0.1) is 6.92 Å². The maximum atomic E-state index is 12.2. The van der Waals surface area contributed by atoms with Crippen LogP contribution < -0.4 is 10.2 Å². The minimum atomic E-state index is -0.323. The predicted molar refractivity (Wildman–Crippen MR) is 157 cm³/mol. The Morgan fingerprint density at radius 2 is 1.97 bits per heavy atom. The molecular weight excluding hydrogens is 488 g/mol. The topological polar surface area (TPSA) is 73.3 Å². The number of aliphatic imine (C=N–C) groups is 1. The molecule has 3 aliphatic rings. The summed E-state index contributed by atoms with van der Waals surface area (Å²) in [7, 11) is 0. The Morgan fingerprint density at radius 1 is 1.13 bits per heavy atom. The molecule has 208 valence electrons. The lowest BCUT2D eigenvalue weighted by Crippen LogP contribution is -2.56. The van der Waals surface area contributed by atoms with Gasteiger partial charge in [-0.15, -0.1) is 0 Å². The molecule has 2 saturated heterocycles. The van der Waals surface area contributed by atoms with Crippen LogP contribution in [0.25, 0.3) is 5.70 Å². The number of esters is 1. The van der Waals surface area contributed by atoms with E-state index in [0.29, 0.717) is 18.2 Å². The highest BCUT2D eigenvalue weighted by atomic mass is 16.5. The number of likely N-dealkylation sites (tertiary alicyclic amines) is 1. The summed E-state index contributed by atoms with van der Waals surface area (Å²) in [5.41, 5.74) is 5.18. The Morgan fingerprint density at radius 3 is 2.67 bits per heavy atom. The van der Waals surface area contributed by atoms with Gasteiger partial charge < -0.3 is 19.9 Å². The van der Waals surface area contributed by atoms with Crippen molar-refractivity contribution in [3.8, 4) is 0 Å². The number of pyridine rings is 1. The zero-order valence-corrected chi connectivity index (χ0v) is 24.0. The Hall–Kier alpha value is -3.39. The van der Waals surface area contributed by atoms with Crippen LogP contribution in [0.5, 0.6) is 0 Å². The second-order valence-electron chi connectivity index (χ2n) is 10.9. The van der Waals surface area contributed by atoms with Crippen molar-refractivity contribution in [3.63, 3.8) is 0 Å². The Labute approximate surface area is 232 Å². The third-order valence-electron chi connectivity index (χ3n) is 8.16. The number of hydrogen-bond acceptors (Lipinski definition) is 8. The van der Waals surface area contributed by atoms with E-state index in [1.165, 1.54) is 24.0 Å². The van der Waals surface area contributed by atoms with E-state index in [2.05, 4.69) is 76.1 Å². The molecule has 3 aliphatic heterocycles. The van der Waals surface area contributed by atoms with Crippen LogP contribution in [0.1, 0.15) is 67.6 Å². The van der Waals surface area contributed by atoms with Gasteiger partial charge in [0.1, 0.15) is 11.7 Å². The number of aryl methyl sites for hydroxylation is 2. The molecule has 2 aromatic rings. The van der Waals surface area contributed by atoms with Gasteiger partial charge in [0, 0.05) is 56.2 Å². The molecule has 1 aromatic heterocycles. The van der Waals surface area contributed by atoms with E-state index in [1.807, 2.05) is 19.9 Å². The lowest BCUT2D eigenvalue weighted by Gasteiger charge is -2.43. The molecule has 8 nitrogen and oxygen atoms in total. The van der Waals surface area contributed by atoms with E-state index in [0.717, 1.165) is 55.5 Å². The van der Waals surface area contributed by atoms with Gasteiger partial charge in [-0.25, -0.2) is 14.8 Å². The molecule has 2 fully saturated rings. The first-order valence-corrected chi connectivity index (χ1v) is 14.4. The molecule has 4 heterocycles. The number of aromatic nitrogens is 1. The summed E-state index contributed by atoms with van der Waals surface area (Å²) < 4.78 is 5.15. The van der Waals surface area contributed by atoms with Gasteiger partial charge in [-0.2, -0.15) is 0 Å². The highest BCUT2D eigenvalue weighted by Gasteiger charge is 2.33. The number of carbonyl (C=O) groups excluding carboxylic acids is 1. The summed E-state index contributed by atoms with van der Waals surface area (Å²) >= 11 is 0. The summed E-state index contributed by atoms with van der Waals surface area (Å²) in [6, 6.07) is 11.5. The molecule has 0 saturated carbocycles. The first-order chi connectivity index (χ1) is 18.9. The number of piperazine rings is 1. The van der Waals surface area contributed by atoms with Crippen LogP contribution in [0.15, 0.2) is 47.6 Å². The van der Waals surface area contributed by atoms with Crippen molar-refractivity contribution in [1.82, 2.24) is 20.1 Å². The highest BCUT2D eigenvalue weighted by molar-refractivity contribution is 6.00. The predicted octanol–water partition coefficient (Wildman–Crippen LogP) is 4.45. The van der Waals surface area contributed by atoms with Crippen molar-refractivity contribution in [3.05, 3.63) is 64.9 Å². The number of rotatable bonds is 6. The fourth-order valence-corrected chi connectivity index (χ4v) is 5.98. The molecule has 39 heavy (non-hydrogen) atoms. The zero-order chi connectivity index (χ0) is 27.5. The van der Waals surface area contributed by atoms with Crippen LogP contribution >= 0.6 is 0 Å². The van der Waals surface area contributed by atoms with Crippen LogP contribution in [0.4, 0.5) is 5.82 Å². The number of amidine groups is 1. The third kappa shape index (κ3) is 5.81. The summed E-state index contributed by atoms with van der Waals surface area (Å²) in [6.45, 7) is 14.5. The van der Waals surface area contributed by atoms with Gasteiger partial charge in [0.2, 0.25) is 0 Å². The highest BCUT2D eigenvalue weighted by Crippen LogP contribution is 2.27. The number of benzene rings is 1. The molecule has 0 radical (unpaired) electrons. The van der Waals surface area contributed by atoms with E-state index in [-0.39, 0.29) is 18.3 Å². The molecule has 2 unspecified atom stereocenters. The molecule has 1 N–H and O–H groups in total. The van der Waals surface area contributed by atoms with E-state index in [1.54, 1.807) is 6.20 Å². The van der Waals surface area contributed by atoms with E-state index >= 15 is 0 Å². The number of carbonyl (C=O) groups is 1. The van der Waals surface area contributed by atoms with Crippen LogP contribution in [0.3, 0.4) is 0 Å². The van der Waals surface area contributed by atoms with Crippen molar-refractivity contribution in [2.75, 3.05) is 37.7 Å². The first-order valence-electron chi connectivity index (χ1n) is 14.4. The second-order valence-corrected chi connectivity index (χ2v) is 10.9. The third-order valence-corrected chi connectivity index (χ3v) is 8.16. The van der Waals surface area contributed by atoms with Gasteiger partial charge in [0.05, 0.1) is 12.2 Å². The Balaban J connectivity index is 1.38. The quantitative estimate of drug-likeness (QED) is 0.553. The Kier molecular flexibility index (Phi) is 8.21. The number of anilines is 1. The van der Waals surface area contributed by atoms with Gasteiger partial charge in [0.25, 0.3) is 0 Å². The molecular formula is C31H42N6O2. The molecule has 0 amide bonds. The zero-order valence-electron chi connectivity index (χ0n) is 24.0. The van der Waals surface area contributed by atoms with E-state index in [4.69, 9.17) is 9.73 Å². The monoisotopic (exact) mass is 530 g/mol. The van der Waals surface area contributed by atoms with Crippen molar-refractivity contribution in [1.29, 1.82) is 0 Å². The fraction of sp³-hybridized carbons (Fsp3) is 0.516. The summed E-state index contributed by atoms with van der Waals surface area (Å²) in [5, 5.41) is 3.76. The molecule has 0 aliphatic carbocycles. The minimum Gasteiger partial charge on any atom is -0.462 e. The van der Waals surface area contributed by atoms with Crippen molar-refractivity contribution < 1.29 is 9.53 Å². The van der Waals surface area contributed by atoms with Crippen molar-refractivity contribution in [2.24, 2.45) is 4.99 Å². The van der Waals surface area contributed by atoms with Crippen LogP contribution in [-0.4, -0.2) is 77.7 Å². The first kappa shape index (κ1) is 27.2. The van der Waals surface area contributed by atoms with Crippen molar-refractivity contribution in [2.45, 2.75) is 72.3 Å². The molecule has 8 heteroatoms. The average molecular weight is 531 g/mol.